The summed E-state index contributed by atoms with van der Waals surface area (Å²) < 4.78 is 4.77. The first-order valence-corrected chi connectivity index (χ1v) is 9.14. The van der Waals surface area contributed by atoms with Gasteiger partial charge in [-0.2, -0.15) is 0 Å². The predicted molar refractivity (Wildman–Crippen MR) is 93.2 cm³/mol. The van der Waals surface area contributed by atoms with E-state index in [1.54, 1.807) is 41.9 Å². The fourth-order valence-corrected chi connectivity index (χ4v) is 5.90. The molecule has 4 nitrogen and oxygen atoms in total. The molecule has 0 radical (unpaired) electrons. The first-order valence-electron chi connectivity index (χ1n) is 7.38. The molecular weight excluding hydrogens is 330 g/mol. The molecule has 120 valence electrons. The van der Waals surface area contributed by atoms with Crippen molar-refractivity contribution in [2.24, 2.45) is 5.73 Å². The average Bonchev–Trinajstić information content (AvgIpc) is 3.38. The van der Waals surface area contributed by atoms with Crippen molar-refractivity contribution in [1.29, 1.82) is 0 Å². The summed E-state index contributed by atoms with van der Waals surface area (Å²) in [6.45, 7) is 0.493. The van der Waals surface area contributed by atoms with Crippen LogP contribution in [0.25, 0.3) is 0 Å². The molecule has 2 saturated heterocycles. The van der Waals surface area contributed by atoms with E-state index < -0.39 is 4.93 Å². The van der Waals surface area contributed by atoms with Gasteiger partial charge < -0.3 is 20.4 Å². The van der Waals surface area contributed by atoms with Crippen molar-refractivity contribution in [2.45, 2.75) is 26.7 Å². The van der Waals surface area contributed by atoms with Crippen LogP contribution in [0.1, 0.15) is 11.3 Å². The molecule has 4 unspecified atom stereocenters. The van der Waals surface area contributed by atoms with Crippen LogP contribution in [0.15, 0.2) is 59.2 Å². The van der Waals surface area contributed by atoms with E-state index in [-0.39, 0.29) is 15.2 Å². The number of nitrogens with two attached hydrogens (primary N) is 1. The third-order valence-electron chi connectivity index (χ3n) is 4.28. The number of thioether (sulfide) groups is 2. The number of benzene rings is 1. The summed E-state index contributed by atoms with van der Waals surface area (Å²) in [6.07, 6.45) is 5.91. The molecule has 0 bridgehead atoms. The third kappa shape index (κ3) is 2.50. The molecule has 3 heterocycles. The van der Waals surface area contributed by atoms with Crippen molar-refractivity contribution in [3.8, 4) is 5.75 Å². The van der Waals surface area contributed by atoms with E-state index in [4.69, 9.17) is 10.2 Å². The maximum atomic E-state index is 10.3. The van der Waals surface area contributed by atoms with Gasteiger partial charge in [-0.05, 0) is 29.8 Å². The van der Waals surface area contributed by atoms with Gasteiger partial charge in [-0.25, -0.2) is 0 Å². The van der Waals surface area contributed by atoms with E-state index in [0.717, 1.165) is 11.3 Å². The number of aromatic hydroxyl groups is 1. The van der Waals surface area contributed by atoms with Crippen molar-refractivity contribution < 1.29 is 14.6 Å². The summed E-state index contributed by atoms with van der Waals surface area (Å²) in [7, 11) is 0. The first kappa shape index (κ1) is 15.2. The Morgan fingerprint density at radius 3 is 2.74 bits per heavy atom. The van der Waals surface area contributed by atoms with Crippen LogP contribution in [-0.2, 0) is 11.3 Å². The van der Waals surface area contributed by atoms with E-state index in [9.17, 15) is 10.2 Å². The number of hydrogen-bond acceptors (Lipinski definition) is 6. The van der Waals surface area contributed by atoms with Crippen molar-refractivity contribution in [2.75, 3.05) is 0 Å². The van der Waals surface area contributed by atoms with Crippen LogP contribution in [0.4, 0.5) is 0 Å². The highest BCUT2D eigenvalue weighted by Gasteiger charge is 2.75. The highest BCUT2D eigenvalue weighted by Crippen LogP contribution is 2.77. The van der Waals surface area contributed by atoms with Crippen molar-refractivity contribution in [3.63, 3.8) is 0 Å². The lowest BCUT2D eigenvalue weighted by Gasteiger charge is -2.17. The number of hydrogen-bond donors (Lipinski definition) is 3. The van der Waals surface area contributed by atoms with Crippen LogP contribution in [0.3, 0.4) is 0 Å². The lowest BCUT2D eigenvalue weighted by Crippen LogP contribution is -2.29. The number of aliphatic hydroxyl groups is 1. The molecule has 23 heavy (non-hydrogen) atoms. The van der Waals surface area contributed by atoms with Crippen molar-refractivity contribution >= 4 is 23.5 Å². The number of furan rings is 1. The molecule has 0 spiro atoms. The van der Waals surface area contributed by atoms with Gasteiger partial charge in [-0.15, -0.1) is 23.5 Å². The van der Waals surface area contributed by atoms with E-state index in [1.807, 2.05) is 24.3 Å². The lowest BCUT2D eigenvalue weighted by atomic mass is 9.88. The van der Waals surface area contributed by atoms with Gasteiger partial charge in [-0.1, -0.05) is 24.3 Å². The molecule has 1 aromatic carbocycles. The van der Waals surface area contributed by atoms with Crippen LogP contribution in [0, 0.1) is 0 Å². The minimum Gasteiger partial charge on any atom is -0.508 e. The monoisotopic (exact) mass is 347 g/mol. The minimum atomic E-state index is -0.551. The van der Waals surface area contributed by atoms with Crippen molar-refractivity contribution in [1.82, 2.24) is 0 Å². The van der Waals surface area contributed by atoms with Gasteiger partial charge in [0.25, 0.3) is 0 Å². The zero-order valence-electron chi connectivity index (χ0n) is 12.3. The second kappa shape index (κ2) is 5.34. The Morgan fingerprint density at radius 1 is 1.22 bits per heavy atom. The Hall–Kier alpha value is -1.34. The second-order valence-corrected chi connectivity index (χ2v) is 8.55. The van der Waals surface area contributed by atoms with Gasteiger partial charge in [-0.3, -0.25) is 0 Å². The molecule has 3 aliphatic rings. The maximum absolute atomic E-state index is 10.3. The fourth-order valence-electron chi connectivity index (χ4n) is 2.96. The standard InChI is InChI=1S/C12H10O2S2.C5H7NO/c13-8-3-1-2-7(6-8)11-5-4-9-12(14,15-9)10(11)16-11;6-4-5-2-1-3-7-5/h1-6,9-10,13-14H;1-3H,4,6H2. The topological polar surface area (TPSA) is 79.6 Å². The van der Waals surface area contributed by atoms with Gasteiger partial charge in [0.05, 0.1) is 28.1 Å². The predicted octanol–water partition coefficient (Wildman–Crippen LogP) is 2.82. The summed E-state index contributed by atoms with van der Waals surface area (Å²) >= 11 is 3.42. The van der Waals surface area contributed by atoms with Crippen LogP contribution in [-0.4, -0.2) is 25.6 Å². The summed E-state index contributed by atoms with van der Waals surface area (Å²) in [6, 6.07) is 11.0. The summed E-state index contributed by atoms with van der Waals surface area (Å²) in [5.74, 6) is 1.13. The molecular formula is C17H17NO3S2. The van der Waals surface area contributed by atoms with Crippen LogP contribution in [0.2, 0.25) is 0 Å². The lowest BCUT2D eigenvalue weighted by molar-refractivity contribution is 0.175. The van der Waals surface area contributed by atoms with E-state index >= 15 is 0 Å². The Bertz CT molecular complexity index is 748. The van der Waals surface area contributed by atoms with Gasteiger partial charge in [0.2, 0.25) is 0 Å². The molecule has 6 heteroatoms. The fraction of sp³-hybridized carbons (Fsp3) is 0.294. The molecule has 2 aromatic rings. The molecule has 2 aliphatic heterocycles. The van der Waals surface area contributed by atoms with Crippen LogP contribution in [0.5, 0.6) is 5.75 Å². The summed E-state index contributed by atoms with van der Waals surface area (Å²) in [5, 5.41) is 20.3. The summed E-state index contributed by atoms with van der Waals surface area (Å²) in [4.78, 5) is -0.551. The van der Waals surface area contributed by atoms with Crippen molar-refractivity contribution in [3.05, 3.63) is 66.1 Å². The zero-order chi connectivity index (χ0) is 16.1. The molecule has 4 N–H and O–H groups in total. The number of rotatable bonds is 2. The first-order chi connectivity index (χ1) is 11.1. The molecule has 4 atom stereocenters. The largest absolute Gasteiger partial charge is 0.508 e. The molecule has 1 aromatic heterocycles. The highest BCUT2D eigenvalue weighted by atomic mass is 32.2. The quantitative estimate of drug-likeness (QED) is 0.573. The van der Waals surface area contributed by atoms with Gasteiger partial charge in [0.1, 0.15) is 16.4 Å². The van der Waals surface area contributed by atoms with Crippen LogP contribution < -0.4 is 5.73 Å². The van der Waals surface area contributed by atoms with E-state index in [2.05, 4.69) is 12.2 Å². The normalized spacial score (nSPS) is 35.6. The van der Waals surface area contributed by atoms with Gasteiger partial charge in [0, 0.05) is 0 Å². The molecule has 5 rings (SSSR count). The van der Waals surface area contributed by atoms with Crippen LogP contribution >= 0.6 is 23.5 Å². The van der Waals surface area contributed by atoms with Gasteiger partial charge in [0.15, 0.2) is 0 Å². The third-order valence-corrected chi connectivity index (χ3v) is 7.53. The average molecular weight is 347 g/mol. The Morgan fingerprint density at radius 2 is 2.09 bits per heavy atom. The van der Waals surface area contributed by atoms with E-state index in [1.165, 1.54) is 0 Å². The summed E-state index contributed by atoms with van der Waals surface area (Å²) in [5.41, 5.74) is 6.30. The zero-order valence-corrected chi connectivity index (χ0v) is 13.9. The second-order valence-electron chi connectivity index (χ2n) is 5.77. The highest BCUT2D eigenvalue weighted by molar-refractivity contribution is 8.14. The number of phenols is 1. The Kier molecular flexibility index (Phi) is 3.53. The molecule has 0 amide bonds. The molecule has 2 fully saturated rings. The van der Waals surface area contributed by atoms with E-state index in [0.29, 0.717) is 12.3 Å². The molecule has 1 aliphatic carbocycles. The molecule has 0 saturated carbocycles. The SMILES string of the molecule is NCc1ccco1.Oc1cccc(C23C=CC4SC4(O)C2S3)c1. The Balaban J connectivity index is 0.000000164. The number of fused-ring (bicyclic) bond motifs is 3. The Labute approximate surface area is 142 Å². The number of phenolic OH excluding ortho intramolecular Hbond substituents is 1. The maximum Gasteiger partial charge on any atom is 0.140 e. The minimum absolute atomic E-state index is 0.0898. The smallest absolute Gasteiger partial charge is 0.140 e. The van der Waals surface area contributed by atoms with Gasteiger partial charge >= 0.3 is 0 Å².